The lowest BCUT2D eigenvalue weighted by Gasteiger charge is -2.30. The molecule has 1 saturated carbocycles. The number of cyclic esters (lactones) is 1. The molecule has 2 aliphatic rings. The minimum atomic E-state index is -3.52. The van der Waals surface area contributed by atoms with Gasteiger partial charge in [-0.2, -0.15) is 4.31 Å². The second-order valence-electron chi connectivity index (χ2n) is 6.21. The number of pyridine rings is 1. The molecule has 1 aromatic heterocycles. The van der Waals surface area contributed by atoms with Crippen LogP contribution in [0.2, 0.25) is 0 Å². The first-order valence-corrected chi connectivity index (χ1v) is 10.6. The molecule has 0 unspecified atom stereocenters. The van der Waals surface area contributed by atoms with E-state index in [0.29, 0.717) is 18.1 Å². The Bertz CT molecular complexity index is 685. The van der Waals surface area contributed by atoms with E-state index >= 15 is 0 Å². The molecule has 8 heteroatoms. The highest BCUT2D eigenvalue weighted by molar-refractivity contribution is 8.00. The molecule has 3 rings (SSSR count). The topological polar surface area (TPSA) is 76.6 Å². The van der Waals surface area contributed by atoms with E-state index in [2.05, 4.69) is 4.98 Å². The number of carbonyl (C=O) groups excluding carboxylic acids is 1. The number of hydrogen-bond donors (Lipinski definition) is 0. The number of rotatable bonds is 5. The summed E-state index contributed by atoms with van der Waals surface area (Å²) in [7, 11) is -1.87. The van der Waals surface area contributed by atoms with E-state index in [-0.39, 0.29) is 22.2 Å². The summed E-state index contributed by atoms with van der Waals surface area (Å²) in [5, 5.41) is 0.392. The van der Waals surface area contributed by atoms with E-state index in [1.165, 1.54) is 28.7 Å². The Hall–Kier alpha value is -1.12. The highest BCUT2D eigenvalue weighted by atomic mass is 32.2. The molecule has 6 nitrogen and oxygen atoms in total. The van der Waals surface area contributed by atoms with Crippen LogP contribution in [0.3, 0.4) is 0 Å². The van der Waals surface area contributed by atoms with Crippen LogP contribution >= 0.6 is 11.8 Å². The van der Waals surface area contributed by atoms with Crippen LogP contribution in [0.15, 0.2) is 28.3 Å². The molecule has 1 saturated heterocycles. The van der Waals surface area contributed by atoms with Crippen molar-refractivity contribution in [2.75, 3.05) is 13.7 Å². The van der Waals surface area contributed by atoms with Gasteiger partial charge in [-0.3, -0.25) is 4.79 Å². The third-order valence-electron chi connectivity index (χ3n) is 4.63. The van der Waals surface area contributed by atoms with Crippen molar-refractivity contribution in [3.8, 4) is 0 Å². The van der Waals surface area contributed by atoms with Gasteiger partial charge in [0.05, 0.1) is 11.6 Å². The van der Waals surface area contributed by atoms with E-state index in [9.17, 15) is 13.2 Å². The van der Waals surface area contributed by atoms with Crippen LogP contribution in [-0.4, -0.2) is 48.6 Å². The van der Waals surface area contributed by atoms with E-state index < -0.39 is 10.0 Å². The van der Waals surface area contributed by atoms with Crippen molar-refractivity contribution in [2.45, 2.75) is 59.7 Å². The number of hydrogen-bond acceptors (Lipinski definition) is 6. The molecule has 1 aliphatic heterocycles. The molecular weight excluding hydrogens is 348 g/mol. The quantitative estimate of drug-likeness (QED) is 0.741. The molecule has 0 spiro atoms. The fourth-order valence-electron chi connectivity index (χ4n) is 3.13. The third-order valence-corrected chi connectivity index (χ3v) is 7.71. The van der Waals surface area contributed by atoms with Crippen LogP contribution in [-0.2, 0) is 19.6 Å². The second-order valence-corrected chi connectivity index (χ2v) is 9.43. The zero-order valence-corrected chi connectivity index (χ0v) is 15.3. The van der Waals surface area contributed by atoms with Gasteiger partial charge in [-0.15, -0.1) is 0 Å². The lowest BCUT2D eigenvalue weighted by Crippen LogP contribution is -2.38. The van der Waals surface area contributed by atoms with Crippen LogP contribution in [0.4, 0.5) is 0 Å². The first kappa shape index (κ1) is 17.7. The highest BCUT2D eigenvalue weighted by Gasteiger charge is 2.30. The van der Waals surface area contributed by atoms with Crippen molar-refractivity contribution in [3.05, 3.63) is 18.3 Å². The Morgan fingerprint density at radius 2 is 1.96 bits per heavy atom. The maximum absolute atomic E-state index is 12.7. The van der Waals surface area contributed by atoms with Crippen LogP contribution in [0.1, 0.15) is 38.5 Å². The van der Waals surface area contributed by atoms with E-state index in [0.717, 1.165) is 25.7 Å². The van der Waals surface area contributed by atoms with E-state index in [1.54, 1.807) is 19.2 Å². The number of esters is 1. The van der Waals surface area contributed by atoms with Gasteiger partial charge in [-0.05, 0) is 25.0 Å². The molecule has 2 heterocycles. The Balaban J connectivity index is 1.70. The largest absolute Gasteiger partial charge is 0.465 e. The third kappa shape index (κ3) is 3.75. The molecule has 0 radical (unpaired) electrons. The predicted octanol–water partition coefficient (Wildman–Crippen LogP) is 2.44. The van der Waals surface area contributed by atoms with Crippen molar-refractivity contribution in [3.63, 3.8) is 0 Å². The molecule has 0 aromatic carbocycles. The number of ether oxygens (including phenoxy) is 1. The molecular formula is C16H22N2O4S2. The lowest BCUT2D eigenvalue weighted by molar-refractivity contribution is -0.137. The van der Waals surface area contributed by atoms with E-state index in [4.69, 9.17) is 4.74 Å². The molecule has 1 aliphatic carbocycles. The highest BCUT2D eigenvalue weighted by Crippen LogP contribution is 2.30. The minimum absolute atomic E-state index is 0.0751. The summed E-state index contributed by atoms with van der Waals surface area (Å²) in [5.41, 5.74) is 0. The van der Waals surface area contributed by atoms with Crippen LogP contribution in [0, 0.1) is 0 Å². The SMILES string of the molecule is CN(C1CCCCC1)S(=O)(=O)c1ccc(S[C@@H]2CCOC2=O)nc1. The van der Waals surface area contributed by atoms with E-state index in [1.807, 2.05) is 0 Å². The van der Waals surface area contributed by atoms with Crippen molar-refractivity contribution < 1.29 is 17.9 Å². The normalized spacial score (nSPS) is 22.8. The number of aromatic nitrogens is 1. The van der Waals surface area contributed by atoms with Gasteiger partial charge < -0.3 is 4.74 Å². The average Bonchev–Trinajstić information content (AvgIpc) is 3.00. The maximum atomic E-state index is 12.7. The second kappa shape index (κ2) is 7.41. The van der Waals surface area contributed by atoms with Crippen molar-refractivity contribution >= 4 is 27.8 Å². The number of thioether (sulfide) groups is 1. The zero-order chi connectivity index (χ0) is 17.2. The molecule has 1 atom stereocenters. The lowest BCUT2D eigenvalue weighted by atomic mass is 9.96. The van der Waals surface area contributed by atoms with Gasteiger partial charge in [0.1, 0.15) is 10.1 Å². The minimum Gasteiger partial charge on any atom is -0.465 e. The first-order valence-electron chi connectivity index (χ1n) is 8.26. The van der Waals surface area contributed by atoms with Crippen molar-refractivity contribution in [1.82, 2.24) is 9.29 Å². The van der Waals surface area contributed by atoms with Gasteiger partial charge >= 0.3 is 5.97 Å². The van der Waals surface area contributed by atoms with Crippen molar-refractivity contribution in [1.29, 1.82) is 0 Å². The molecule has 132 valence electrons. The summed E-state index contributed by atoms with van der Waals surface area (Å²) in [6.45, 7) is 0.440. The first-order chi connectivity index (χ1) is 11.5. The average molecular weight is 370 g/mol. The summed E-state index contributed by atoms with van der Waals surface area (Å²) >= 11 is 1.32. The summed E-state index contributed by atoms with van der Waals surface area (Å²) in [4.78, 5) is 15.9. The van der Waals surface area contributed by atoms with Gasteiger partial charge in [0.15, 0.2) is 0 Å². The van der Waals surface area contributed by atoms with Gasteiger partial charge in [-0.25, -0.2) is 13.4 Å². The van der Waals surface area contributed by atoms with Crippen molar-refractivity contribution in [2.24, 2.45) is 0 Å². The standard InChI is InChI=1S/C16H22N2O4S2/c1-18(12-5-3-2-4-6-12)24(20,21)13-7-8-15(17-11-13)23-14-9-10-22-16(14)19/h7-8,11-12,14H,2-6,9-10H2,1H3/t14-/m1/s1. The Morgan fingerprint density at radius 3 is 2.54 bits per heavy atom. The van der Waals surface area contributed by atoms with Crippen LogP contribution in [0.25, 0.3) is 0 Å². The molecule has 2 fully saturated rings. The van der Waals surface area contributed by atoms with Crippen LogP contribution in [0.5, 0.6) is 0 Å². The smallest absolute Gasteiger partial charge is 0.319 e. The number of nitrogens with zero attached hydrogens (tertiary/aromatic N) is 2. The summed E-state index contributed by atoms with van der Waals surface area (Å²) < 4.78 is 31.9. The molecule has 0 bridgehead atoms. The summed E-state index contributed by atoms with van der Waals surface area (Å²) in [5.74, 6) is -0.226. The maximum Gasteiger partial charge on any atom is 0.319 e. The summed E-state index contributed by atoms with van der Waals surface area (Å²) in [6, 6.07) is 3.31. The Kier molecular flexibility index (Phi) is 5.46. The zero-order valence-electron chi connectivity index (χ0n) is 13.7. The van der Waals surface area contributed by atoms with Gasteiger partial charge in [0.25, 0.3) is 0 Å². The molecule has 0 N–H and O–H groups in total. The Labute approximate surface area is 147 Å². The number of carbonyl (C=O) groups is 1. The fraction of sp³-hybridized carbons (Fsp3) is 0.625. The molecule has 0 amide bonds. The predicted molar refractivity (Wildman–Crippen MR) is 91.3 cm³/mol. The van der Waals surface area contributed by atoms with Gasteiger partial charge in [0.2, 0.25) is 10.0 Å². The monoisotopic (exact) mass is 370 g/mol. The molecule has 24 heavy (non-hydrogen) atoms. The van der Waals surface area contributed by atoms with Crippen LogP contribution < -0.4 is 0 Å². The Morgan fingerprint density at radius 1 is 1.21 bits per heavy atom. The fourth-order valence-corrected chi connectivity index (χ4v) is 5.42. The molecule has 1 aromatic rings. The number of sulfonamides is 1. The van der Waals surface area contributed by atoms with Gasteiger partial charge in [0, 0.05) is 25.7 Å². The van der Waals surface area contributed by atoms with Gasteiger partial charge in [-0.1, -0.05) is 31.0 Å². The summed E-state index contributed by atoms with van der Waals surface area (Å²) in [6.07, 6.45) is 7.22.